The van der Waals surface area contributed by atoms with E-state index in [0.717, 1.165) is 5.69 Å². The molecule has 2 aromatic carbocycles. The molecule has 19 heavy (non-hydrogen) atoms. The number of hydrogen-bond donors (Lipinski definition) is 1. The summed E-state index contributed by atoms with van der Waals surface area (Å²) in [5.74, 6) is 0. The Morgan fingerprint density at radius 3 is 2.42 bits per heavy atom. The molecule has 1 N–H and O–H groups in total. The van der Waals surface area contributed by atoms with E-state index in [-0.39, 0.29) is 0 Å². The molecule has 0 bridgehead atoms. The van der Waals surface area contributed by atoms with Crippen LogP contribution in [0.4, 0.5) is 0 Å². The van der Waals surface area contributed by atoms with E-state index < -0.39 is 0 Å². The van der Waals surface area contributed by atoms with Crippen molar-refractivity contribution in [2.75, 3.05) is 0 Å². The molecule has 0 saturated heterocycles. The summed E-state index contributed by atoms with van der Waals surface area (Å²) in [5, 5.41) is 1.30. The molecule has 1 heterocycles. The highest BCUT2D eigenvalue weighted by atomic mass is 14.7. The van der Waals surface area contributed by atoms with Gasteiger partial charge in [0.2, 0.25) is 0 Å². The Morgan fingerprint density at radius 2 is 1.63 bits per heavy atom. The number of nitrogens with one attached hydrogen (secondary N) is 1. The van der Waals surface area contributed by atoms with Crippen LogP contribution < -0.4 is 0 Å². The molecule has 1 nitrogen and oxygen atoms in total. The topological polar surface area (TPSA) is 15.8 Å². The van der Waals surface area contributed by atoms with Gasteiger partial charge in [-0.15, -0.1) is 0 Å². The van der Waals surface area contributed by atoms with E-state index in [1.165, 1.54) is 27.6 Å². The lowest BCUT2D eigenvalue weighted by atomic mass is 10.1. The van der Waals surface area contributed by atoms with Gasteiger partial charge in [-0.25, -0.2) is 0 Å². The summed E-state index contributed by atoms with van der Waals surface area (Å²) in [7, 11) is 0. The fraction of sp³-hybridized carbons (Fsp3) is 0.111. The number of rotatable bonds is 2. The van der Waals surface area contributed by atoms with Crippen molar-refractivity contribution in [3.05, 3.63) is 70.9 Å². The van der Waals surface area contributed by atoms with Gasteiger partial charge in [-0.3, -0.25) is 0 Å². The number of aromatic amines is 1. The number of aromatic nitrogens is 1. The van der Waals surface area contributed by atoms with E-state index in [1.807, 2.05) is 0 Å². The minimum absolute atomic E-state index is 1.15. The van der Waals surface area contributed by atoms with Crippen molar-refractivity contribution in [2.24, 2.45) is 0 Å². The molecule has 94 valence electrons. The van der Waals surface area contributed by atoms with Gasteiger partial charge >= 0.3 is 0 Å². The van der Waals surface area contributed by atoms with Gasteiger partial charge in [-0.05, 0) is 48.7 Å². The summed E-state index contributed by atoms with van der Waals surface area (Å²) in [5.41, 5.74) is 6.21. The molecule has 0 radical (unpaired) electrons. The molecule has 1 aromatic heterocycles. The van der Waals surface area contributed by atoms with Crippen molar-refractivity contribution in [2.45, 2.75) is 13.8 Å². The first-order chi connectivity index (χ1) is 9.24. The molecule has 0 spiro atoms. The first-order valence-corrected chi connectivity index (χ1v) is 6.56. The normalized spacial score (nSPS) is 11.5. The van der Waals surface area contributed by atoms with Gasteiger partial charge < -0.3 is 4.98 Å². The fourth-order valence-corrected chi connectivity index (χ4v) is 2.37. The van der Waals surface area contributed by atoms with Crippen LogP contribution in [-0.2, 0) is 0 Å². The van der Waals surface area contributed by atoms with Crippen molar-refractivity contribution >= 4 is 23.1 Å². The number of hydrogen-bond acceptors (Lipinski definition) is 0. The second-order valence-corrected chi connectivity index (χ2v) is 4.95. The van der Waals surface area contributed by atoms with E-state index in [4.69, 9.17) is 0 Å². The molecule has 0 unspecified atom stereocenters. The predicted molar refractivity (Wildman–Crippen MR) is 83.1 cm³/mol. The first kappa shape index (κ1) is 11.8. The zero-order valence-electron chi connectivity index (χ0n) is 11.3. The molecule has 0 amide bonds. The number of fused-ring (bicyclic) bond motifs is 1. The van der Waals surface area contributed by atoms with Crippen LogP contribution in [-0.4, -0.2) is 4.98 Å². The second kappa shape index (κ2) is 4.77. The summed E-state index contributed by atoms with van der Waals surface area (Å²) >= 11 is 0. The molecule has 3 rings (SSSR count). The Labute approximate surface area is 113 Å². The highest BCUT2D eigenvalue weighted by Gasteiger charge is 2.00. The van der Waals surface area contributed by atoms with E-state index in [2.05, 4.69) is 79.5 Å². The fourth-order valence-electron chi connectivity index (χ4n) is 2.37. The largest absolute Gasteiger partial charge is 0.355 e. The molecule has 0 atom stereocenters. The van der Waals surface area contributed by atoms with E-state index in [1.54, 1.807) is 0 Å². The zero-order chi connectivity index (χ0) is 13.2. The Kier molecular flexibility index (Phi) is 2.96. The monoisotopic (exact) mass is 247 g/mol. The summed E-state index contributed by atoms with van der Waals surface area (Å²) in [6.45, 7) is 4.28. The molecule has 0 saturated carbocycles. The van der Waals surface area contributed by atoms with Crippen molar-refractivity contribution in [1.29, 1.82) is 0 Å². The van der Waals surface area contributed by atoms with Crippen LogP contribution in [0.5, 0.6) is 0 Å². The van der Waals surface area contributed by atoms with E-state index in [9.17, 15) is 0 Å². The van der Waals surface area contributed by atoms with Crippen LogP contribution in [0.3, 0.4) is 0 Å². The van der Waals surface area contributed by atoms with Gasteiger partial charge in [0.05, 0.1) is 0 Å². The lowest BCUT2D eigenvalue weighted by molar-refractivity contribution is 1.42. The minimum atomic E-state index is 1.15. The number of H-pyrrole nitrogens is 1. The van der Waals surface area contributed by atoms with Gasteiger partial charge in [0.25, 0.3) is 0 Å². The molecular weight excluding hydrogens is 230 g/mol. The Hall–Kier alpha value is -2.28. The van der Waals surface area contributed by atoms with Gasteiger partial charge in [0, 0.05) is 16.6 Å². The summed E-state index contributed by atoms with van der Waals surface area (Å²) < 4.78 is 0. The molecule has 0 aliphatic rings. The second-order valence-electron chi connectivity index (χ2n) is 4.95. The molecule has 3 aromatic rings. The Balaban J connectivity index is 1.98. The average molecular weight is 247 g/mol. The van der Waals surface area contributed by atoms with Crippen LogP contribution in [0.15, 0.2) is 48.5 Å². The number of aryl methyl sites for hydroxylation is 2. The lowest BCUT2D eigenvalue weighted by Crippen LogP contribution is -1.78. The van der Waals surface area contributed by atoms with Crippen LogP contribution in [0, 0.1) is 13.8 Å². The molecule has 1 heteroatoms. The van der Waals surface area contributed by atoms with E-state index in [0.29, 0.717) is 0 Å². The first-order valence-electron chi connectivity index (χ1n) is 6.56. The number of benzene rings is 2. The minimum Gasteiger partial charge on any atom is -0.355 e. The maximum absolute atomic E-state index is 3.44. The maximum atomic E-state index is 3.44. The molecule has 0 aliphatic carbocycles. The summed E-state index contributed by atoms with van der Waals surface area (Å²) in [6, 6.07) is 17.0. The van der Waals surface area contributed by atoms with E-state index >= 15 is 0 Å². The maximum Gasteiger partial charge on any atom is 0.0461 e. The van der Waals surface area contributed by atoms with Crippen LogP contribution in [0.2, 0.25) is 0 Å². The SMILES string of the molecule is Cc1ccccc1C=Cc1cc2c(C)cccc2[nH]1. The van der Waals surface area contributed by atoms with Crippen molar-refractivity contribution in [1.82, 2.24) is 4.98 Å². The Morgan fingerprint density at radius 1 is 0.842 bits per heavy atom. The Bertz CT molecular complexity index is 747. The highest BCUT2D eigenvalue weighted by Crippen LogP contribution is 2.20. The zero-order valence-corrected chi connectivity index (χ0v) is 11.3. The molecule has 0 fully saturated rings. The average Bonchev–Trinajstić information content (AvgIpc) is 2.82. The van der Waals surface area contributed by atoms with Gasteiger partial charge in [0.15, 0.2) is 0 Å². The van der Waals surface area contributed by atoms with Crippen LogP contribution >= 0.6 is 0 Å². The standard InChI is InChI=1S/C18H17N/c1-13-6-3-4-8-15(13)10-11-16-12-17-14(2)7-5-9-18(17)19-16/h3-12,19H,1-2H3. The molecule has 0 aliphatic heterocycles. The lowest BCUT2D eigenvalue weighted by Gasteiger charge is -1.97. The van der Waals surface area contributed by atoms with Crippen molar-refractivity contribution in [3.63, 3.8) is 0 Å². The summed E-state index contributed by atoms with van der Waals surface area (Å²) in [6.07, 6.45) is 4.30. The van der Waals surface area contributed by atoms with Gasteiger partial charge in [-0.1, -0.05) is 42.5 Å². The smallest absolute Gasteiger partial charge is 0.0461 e. The predicted octanol–water partition coefficient (Wildman–Crippen LogP) is 4.96. The quantitative estimate of drug-likeness (QED) is 0.659. The van der Waals surface area contributed by atoms with Crippen LogP contribution in [0.1, 0.15) is 22.4 Å². The van der Waals surface area contributed by atoms with Crippen molar-refractivity contribution in [3.8, 4) is 0 Å². The third-order valence-electron chi connectivity index (χ3n) is 3.53. The van der Waals surface area contributed by atoms with Gasteiger partial charge in [-0.2, -0.15) is 0 Å². The van der Waals surface area contributed by atoms with Gasteiger partial charge in [0.1, 0.15) is 0 Å². The highest BCUT2D eigenvalue weighted by molar-refractivity contribution is 5.87. The summed E-state index contributed by atoms with van der Waals surface area (Å²) in [4.78, 5) is 3.44. The van der Waals surface area contributed by atoms with Crippen molar-refractivity contribution < 1.29 is 0 Å². The van der Waals surface area contributed by atoms with Crippen LogP contribution in [0.25, 0.3) is 23.1 Å². The third kappa shape index (κ3) is 2.32. The molecular formula is C18H17N. The third-order valence-corrected chi connectivity index (χ3v) is 3.53.